The predicted octanol–water partition coefficient (Wildman–Crippen LogP) is 4.34. The maximum atomic E-state index is 13.3. The van der Waals surface area contributed by atoms with Gasteiger partial charge in [-0.05, 0) is 53.6 Å². The van der Waals surface area contributed by atoms with E-state index in [9.17, 15) is 4.79 Å². The van der Waals surface area contributed by atoms with Crippen LogP contribution in [0.15, 0.2) is 81.6 Å². The van der Waals surface area contributed by atoms with Gasteiger partial charge in [-0.3, -0.25) is 4.79 Å². The van der Waals surface area contributed by atoms with Gasteiger partial charge < -0.3 is 4.42 Å². The first-order valence-corrected chi connectivity index (χ1v) is 11.6. The SMILES string of the molecule is Cc1ccc(C2=NN(C(=O)CSc3nnnn3-c3ccccc3C)[C@@H](c3ccco3)C2)cc1. The summed E-state index contributed by atoms with van der Waals surface area (Å²) < 4.78 is 7.29. The first-order valence-electron chi connectivity index (χ1n) is 10.6. The molecule has 0 radical (unpaired) electrons. The van der Waals surface area contributed by atoms with Crippen LogP contribution in [-0.2, 0) is 4.79 Å². The summed E-state index contributed by atoms with van der Waals surface area (Å²) in [5.74, 6) is 0.723. The molecule has 33 heavy (non-hydrogen) atoms. The van der Waals surface area contributed by atoms with Crippen LogP contribution in [0.5, 0.6) is 0 Å². The minimum absolute atomic E-state index is 0.136. The van der Waals surface area contributed by atoms with Crippen LogP contribution in [0.3, 0.4) is 0 Å². The number of tetrazole rings is 1. The summed E-state index contributed by atoms with van der Waals surface area (Å²) in [5, 5.41) is 18.8. The van der Waals surface area contributed by atoms with Crippen molar-refractivity contribution >= 4 is 23.4 Å². The molecule has 2 aromatic heterocycles. The highest BCUT2D eigenvalue weighted by Crippen LogP contribution is 2.34. The van der Waals surface area contributed by atoms with Crippen LogP contribution in [0.25, 0.3) is 5.69 Å². The van der Waals surface area contributed by atoms with Crippen LogP contribution in [0.2, 0.25) is 0 Å². The Hall–Kier alpha value is -3.72. The molecule has 1 aliphatic heterocycles. The third-order valence-corrected chi connectivity index (χ3v) is 6.44. The number of aromatic nitrogens is 4. The van der Waals surface area contributed by atoms with Gasteiger partial charge in [-0.1, -0.05) is 59.8 Å². The molecule has 0 N–H and O–H groups in total. The number of rotatable bonds is 6. The van der Waals surface area contributed by atoms with E-state index in [-0.39, 0.29) is 17.7 Å². The quantitative estimate of drug-likeness (QED) is 0.399. The van der Waals surface area contributed by atoms with Gasteiger partial charge in [0.25, 0.3) is 5.91 Å². The van der Waals surface area contributed by atoms with E-state index in [0.717, 1.165) is 22.5 Å². The lowest BCUT2D eigenvalue weighted by Gasteiger charge is -2.19. The van der Waals surface area contributed by atoms with Crippen LogP contribution in [0, 0.1) is 13.8 Å². The number of nitrogens with zero attached hydrogens (tertiary/aromatic N) is 6. The lowest BCUT2D eigenvalue weighted by Crippen LogP contribution is -2.28. The Kier molecular flexibility index (Phi) is 5.78. The molecule has 0 saturated carbocycles. The van der Waals surface area contributed by atoms with Crippen molar-refractivity contribution in [1.29, 1.82) is 0 Å². The monoisotopic (exact) mass is 458 g/mol. The Morgan fingerprint density at radius 1 is 1.09 bits per heavy atom. The summed E-state index contributed by atoms with van der Waals surface area (Å²) in [6, 6.07) is 19.4. The number of hydrogen-bond acceptors (Lipinski definition) is 7. The van der Waals surface area contributed by atoms with Crippen molar-refractivity contribution in [3.05, 3.63) is 89.4 Å². The molecule has 8 nitrogen and oxygen atoms in total. The van der Waals surface area contributed by atoms with Gasteiger partial charge in [0.2, 0.25) is 5.16 Å². The van der Waals surface area contributed by atoms with Gasteiger partial charge >= 0.3 is 0 Å². The number of thioether (sulfide) groups is 1. The van der Waals surface area contributed by atoms with Crippen molar-refractivity contribution < 1.29 is 9.21 Å². The van der Waals surface area contributed by atoms with E-state index in [1.54, 1.807) is 10.9 Å². The van der Waals surface area contributed by atoms with E-state index >= 15 is 0 Å². The third kappa shape index (κ3) is 4.31. The summed E-state index contributed by atoms with van der Waals surface area (Å²) in [5.41, 5.74) is 4.97. The largest absolute Gasteiger partial charge is 0.467 e. The van der Waals surface area contributed by atoms with Crippen molar-refractivity contribution in [2.24, 2.45) is 5.10 Å². The Morgan fingerprint density at radius 2 is 1.91 bits per heavy atom. The van der Waals surface area contributed by atoms with Crippen LogP contribution < -0.4 is 0 Å². The highest BCUT2D eigenvalue weighted by atomic mass is 32.2. The number of carbonyl (C=O) groups is 1. The molecule has 0 spiro atoms. The molecule has 5 rings (SSSR count). The maximum absolute atomic E-state index is 13.3. The normalized spacial score (nSPS) is 15.6. The van der Waals surface area contributed by atoms with Crippen LogP contribution in [0.4, 0.5) is 0 Å². The predicted molar refractivity (Wildman–Crippen MR) is 125 cm³/mol. The molecule has 0 unspecified atom stereocenters. The molecule has 4 aromatic rings. The van der Waals surface area contributed by atoms with E-state index in [2.05, 4.69) is 20.6 Å². The average molecular weight is 459 g/mol. The molecule has 0 bridgehead atoms. The zero-order chi connectivity index (χ0) is 22.8. The van der Waals surface area contributed by atoms with E-state index in [1.165, 1.54) is 22.3 Å². The molecule has 166 valence electrons. The van der Waals surface area contributed by atoms with Crippen molar-refractivity contribution in [2.75, 3.05) is 5.75 Å². The van der Waals surface area contributed by atoms with Crippen molar-refractivity contribution in [2.45, 2.75) is 31.5 Å². The number of hydrogen-bond donors (Lipinski definition) is 0. The van der Waals surface area contributed by atoms with E-state index < -0.39 is 0 Å². The second kappa shape index (κ2) is 9.03. The topological polar surface area (TPSA) is 89.4 Å². The molecule has 9 heteroatoms. The Balaban J connectivity index is 1.37. The van der Waals surface area contributed by atoms with Crippen LogP contribution >= 0.6 is 11.8 Å². The number of hydrazone groups is 1. The molecule has 2 aromatic carbocycles. The lowest BCUT2D eigenvalue weighted by molar-refractivity contribution is -0.130. The van der Waals surface area contributed by atoms with Crippen molar-refractivity contribution in [1.82, 2.24) is 25.2 Å². The molecular formula is C24H22N6O2S. The minimum Gasteiger partial charge on any atom is -0.467 e. The molecule has 1 aliphatic rings. The number of carbonyl (C=O) groups excluding carboxylic acids is 1. The molecule has 3 heterocycles. The number of amides is 1. The van der Waals surface area contributed by atoms with Crippen molar-refractivity contribution in [3.8, 4) is 5.69 Å². The molecule has 0 fully saturated rings. The molecule has 0 aliphatic carbocycles. The Bertz CT molecular complexity index is 1300. The fourth-order valence-electron chi connectivity index (χ4n) is 3.78. The maximum Gasteiger partial charge on any atom is 0.253 e. The number of aryl methyl sites for hydroxylation is 2. The zero-order valence-corrected chi connectivity index (χ0v) is 19.1. The van der Waals surface area contributed by atoms with E-state index in [4.69, 9.17) is 4.42 Å². The van der Waals surface area contributed by atoms with Crippen LogP contribution in [0.1, 0.15) is 34.9 Å². The number of furan rings is 1. The van der Waals surface area contributed by atoms with E-state index in [1.807, 2.05) is 74.5 Å². The highest BCUT2D eigenvalue weighted by Gasteiger charge is 2.35. The summed E-state index contributed by atoms with van der Waals surface area (Å²) in [7, 11) is 0. The summed E-state index contributed by atoms with van der Waals surface area (Å²) in [6.07, 6.45) is 2.21. The highest BCUT2D eigenvalue weighted by molar-refractivity contribution is 7.99. The summed E-state index contributed by atoms with van der Waals surface area (Å²) >= 11 is 1.29. The molecule has 1 amide bonds. The number of benzene rings is 2. The minimum atomic E-state index is -0.281. The molecular weight excluding hydrogens is 436 g/mol. The van der Waals surface area contributed by atoms with Gasteiger partial charge in [0.15, 0.2) is 0 Å². The Labute approximate surface area is 195 Å². The lowest BCUT2D eigenvalue weighted by atomic mass is 10.0. The van der Waals surface area contributed by atoms with Gasteiger partial charge in [-0.2, -0.15) is 9.78 Å². The zero-order valence-electron chi connectivity index (χ0n) is 18.3. The fraction of sp³-hybridized carbons (Fsp3) is 0.208. The third-order valence-electron chi connectivity index (χ3n) is 5.53. The van der Waals surface area contributed by atoms with Crippen molar-refractivity contribution in [3.63, 3.8) is 0 Å². The standard InChI is InChI=1S/C24H22N6O2S/c1-16-9-11-18(12-10-16)19-14-21(22-8-5-13-32-22)29(26-19)23(31)15-33-24-25-27-28-30(24)20-7-4-3-6-17(20)2/h3-13,21H,14-15H2,1-2H3/t21-/m1/s1. The van der Waals surface area contributed by atoms with E-state index in [0.29, 0.717) is 17.3 Å². The first kappa shape index (κ1) is 21.1. The number of para-hydroxylation sites is 1. The first-order chi connectivity index (χ1) is 16.1. The van der Waals surface area contributed by atoms with Gasteiger partial charge in [0, 0.05) is 6.42 Å². The Morgan fingerprint density at radius 3 is 2.67 bits per heavy atom. The van der Waals surface area contributed by atoms with Gasteiger partial charge in [-0.25, -0.2) is 5.01 Å². The fourth-order valence-corrected chi connectivity index (χ4v) is 4.51. The smallest absolute Gasteiger partial charge is 0.253 e. The van der Waals surface area contributed by atoms with Gasteiger partial charge in [0.1, 0.15) is 11.8 Å². The van der Waals surface area contributed by atoms with Gasteiger partial charge in [-0.15, -0.1) is 5.10 Å². The average Bonchev–Trinajstić information content (AvgIpc) is 3.59. The van der Waals surface area contributed by atoms with Crippen LogP contribution in [-0.4, -0.2) is 42.6 Å². The summed E-state index contributed by atoms with van der Waals surface area (Å²) in [6.45, 7) is 4.04. The molecule has 1 atom stereocenters. The summed E-state index contributed by atoms with van der Waals surface area (Å²) in [4.78, 5) is 13.3. The molecule has 0 saturated heterocycles. The van der Waals surface area contributed by atoms with Gasteiger partial charge in [0.05, 0.1) is 23.4 Å². The second-order valence-corrected chi connectivity index (χ2v) is 8.78. The second-order valence-electron chi connectivity index (χ2n) is 7.83.